The van der Waals surface area contributed by atoms with Gasteiger partial charge in [0.25, 0.3) is 0 Å². The normalized spacial score (nSPS) is 21.5. The molecule has 1 aromatic rings. The van der Waals surface area contributed by atoms with Gasteiger partial charge in [-0.05, 0) is 30.5 Å². The van der Waals surface area contributed by atoms with E-state index in [2.05, 4.69) is 14.8 Å². The summed E-state index contributed by atoms with van der Waals surface area (Å²) in [5, 5.41) is 8.94. The van der Waals surface area contributed by atoms with Gasteiger partial charge in [0.2, 0.25) is 0 Å². The van der Waals surface area contributed by atoms with Crippen molar-refractivity contribution in [2.45, 2.75) is 25.4 Å². The fraction of sp³-hybridized carbons (Fsp3) is 0.571. The molecule has 1 saturated heterocycles. The Balaban J connectivity index is 1.56. The number of piperazine rings is 1. The topological polar surface area (TPSA) is 56.7 Å². The Hall–Kier alpha value is -1.46. The Morgan fingerprint density at radius 3 is 2.68 bits per heavy atom. The Morgan fingerprint density at radius 2 is 2.05 bits per heavy atom. The first-order chi connectivity index (χ1) is 9.22. The third-order valence-corrected chi connectivity index (χ3v) is 3.92. The third kappa shape index (κ3) is 3.11. The molecule has 0 bridgehead atoms. The summed E-state index contributed by atoms with van der Waals surface area (Å²) in [5.41, 5.74) is 1.17. The summed E-state index contributed by atoms with van der Waals surface area (Å²) in [5.74, 6) is -0.958. The van der Waals surface area contributed by atoms with Crippen LogP contribution in [0.2, 0.25) is 0 Å². The molecule has 2 heterocycles. The summed E-state index contributed by atoms with van der Waals surface area (Å²) in [4.78, 5) is 19.7. The molecule has 0 unspecified atom stereocenters. The lowest BCUT2D eigenvalue weighted by molar-refractivity contribution is 0.0690. The first-order valence-corrected chi connectivity index (χ1v) is 6.87. The van der Waals surface area contributed by atoms with E-state index in [1.807, 2.05) is 6.07 Å². The van der Waals surface area contributed by atoms with Crippen LogP contribution in [0.15, 0.2) is 18.3 Å². The smallest absolute Gasteiger partial charge is 0.354 e. The number of hydrogen-bond acceptors (Lipinski definition) is 4. The van der Waals surface area contributed by atoms with E-state index in [0.29, 0.717) is 0 Å². The highest BCUT2D eigenvalue weighted by atomic mass is 16.4. The van der Waals surface area contributed by atoms with Crippen LogP contribution >= 0.6 is 0 Å². The van der Waals surface area contributed by atoms with Gasteiger partial charge < -0.3 is 5.11 Å². The van der Waals surface area contributed by atoms with Gasteiger partial charge in [-0.1, -0.05) is 0 Å². The van der Waals surface area contributed by atoms with Crippen molar-refractivity contribution in [1.29, 1.82) is 0 Å². The van der Waals surface area contributed by atoms with Gasteiger partial charge in [0.1, 0.15) is 5.69 Å². The van der Waals surface area contributed by atoms with E-state index in [1.54, 1.807) is 12.3 Å². The molecule has 0 radical (unpaired) electrons. The highest BCUT2D eigenvalue weighted by Crippen LogP contribution is 2.27. The van der Waals surface area contributed by atoms with Crippen molar-refractivity contribution in [1.82, 2.24) is 14.8 Å². The fourth-order valence-electron chi connectivity index (χ4n) is 2.67. The standard InChI is InChI=1S/C14H19N3O2/c18-14(19)13-9-11(3-4-15-13)10-16-5-7-17(8-6-16)12-1-2-12/h3-4,9,12H,1-2,5-8,10H2,(H,18,19). The Morgan fingerprint density at radius 1 is 1.32 bits per heavy atom. The van der Waals surface area contributed by atoms with Gasteiger partial charge in [0.15, 0.2) is 0 Å². The molecule has 2 aliphatic rings. The Labute approximate surface area is 112 Å². The van der Waals surface area contributed by atoms with Crippen molar-refractivity contribution in [3.63, 3.8) is 0 Å². The van der Waals surface area contributed by atoms with Crippen LogP contribution in [-0.2, 0) is 6.54 Å². The second-order valence-corrected chi connectivity index (χ2v) is 5.40. The van der Waals surface area contributed by atoms with Crippen molar-refractivity contribution < 1.29 is 9.90 Å². The molecular weight excluding hydrogens is 242 g/mol. The molecule has 0 amide bonds. The van der Waals surface area contributed by atoms with E-state index in [4.69, 9.17) is 5.11 Å². The summed E-state index contributed by atoms with van der Waals surface area (Å²) in [7, 11) is 0. The van der Waals surface area contributed by atoms with Crippen LogP contribution in [0.3, 0.4) is 0 Å². The van der Waals surface area contributed by atoms with Crippen molar-refractivity contribution in [2.75, 3.05) is 26.2 Å². The number of aromatic carboxylic acids is 1. The zero-order valence-electron chi connectivity index (χ0n) is 11.0. The van der Waals surface area contributed by atoms with E-state index in [1.165, 1.54) is 12.8 Å². The third-order valence-electron chi connectivity index (χ3n) is 3.92. The fourth-order valence-corrected chi connectivity index (χ4v) is 2.67. The lowest BCUT2D eigenvalue weighted by Crippen LogP contribution is -2.46. The average molecular weight is 261 g/mol. The van der Waals surface area contributed by atoms with Crippen LogP contribution in [0, 0.1) is 0 Å². The first kappa shape index (κ1) is 12.6. The molecule has 5 nitrogen and oxygen atoms in total. The highest BCUT2D eigenvalue weighted by molar-refractivity contribution is 5.85. The second kappa shape index (κ2) is 5.27. The number of rotatable bonds is 4. The van der Waals surface area contributed by atoms with Crippen molar-refractivity contribution >= 4 is 5.97 Å². The summed E-state index contributed by atoms with van der Waals surface area (Å²) in [6.07, 6.45) is 4.32. The van der Waals surface area contributed by atoms with Gasteiger partial charge in [-0.2, -0.15) is 0 Å². The maximum Gasteiger partial charge on any atom is 0.354 e. The number of carbonyl (C=O) groups is 1. The molecule has 3 rings (SSSR count). The lowest BCUT2D eigenvalue weighted by atomic mass is 10.2. The molecule has 0 atom stereocenters. The van der Waals surface area contributed by atoms with Crippen LogP contribution in [0.25, 0.3) is 0 Å². The zero-order valence-corrected chi connectivity index (χ0v) is 11.0. The quantitative estimate of drug-likeness (QED) is 0.878. The first-order valence-electron chi connectivity index (χ1n) is 6.87. The Bertz CT molecular complexity index is 466. The highest BCUT2D eigenvalue weighted by Gasteiger charge is 2.31. The molecule has 0 aromatic carbocycles. The largest absolute Gasteiger partial charge is 0.477 e. The summed E-state index contributed by atoms with van der Waals surface area (Å²) in [6, 6.07) is 4.43. The molecule has 1 N–H and O–H groups in total. The van der Waals surface area contributed by atoms with Crippen molar-refractivity contribution in [3.8, 4) is 0 Å². The van der Waals surface area contributed by atoms with E-state index in [9.17, 15) is 4.79 Å². The summed E-state index contributed by atoms with van der Waals surface area (Å²) < 4.78 is 0. The van der Waals surface area contributed by atoms with Gasteiger partial charge in [0.05, 0.1) is 0 Å². The Kier molecular flexibility index (Phi) is 3.48. The number of hydrogen-bond donors (Lipinski definition) is 1. The molecule has 102 valence electrons. The zero-order chi connectivity index (χ0) is 13.2. The van der Waals surface area contributed by atoms with E-state index in [-0.39, 0.29) is 5.69 Å². The van der Waals surface area contributed by atoms with Crippen molar-refractivity contribution in [2.24, 2.45) is 0 Å². The molecule has 1 aliphatic heterocycles. The molecule has 19 heavy (non-hydrogen) atoms. The SMILES string of the molecule is O=C(O)c1cc(CN2CCN(C3CC3)CC2)ccn1. The number of nitrogens with zero attached hydrogens (tertiary/aromatic N) is 3. The van der Waals surface area contributed by atoms with Gasteiger partial charge in [-0.15, -0.1) is 0 Å². The predicted octanol–water partition coefficient (Wildman–Crippen LogP) is 1.06. The molecule has 1 aromatic heterocycles. The van der Waals surface area contributed by atoms with Crippen LogP contribution in [0.4, 0.5) is 0 Å². The minimum atomic E-state index is -0.958. The molecule has 1 saturated carbocycles. The molecule has 0 spiro atoms. The van der Waals surface area contributed by atoms with E-state index in [0.717, 1.165) is 44.3 Å². The predicted molar refractivity (Wildman–Crippen MR) is 71.1 cm³/mol. The van der Waals surface area contributed by atoms with Crippen LogP contribution in [0.5, 0.6) is 0 Å². The van der Waals surface area contributed by atoms with Gasteiger partial charge >= 0.3 is 5.97 Å². The van der Waals surface area contributed by atoms with Gasteiger partial charge in [-0.25, -0.2) is 9.78 Å². The second-order valence-electron chi connectivity index (χ2n) is 5.40. The van der Waals surface area contributed by atoms with Crippen LogP contribution < -0.4 is 0 Å². The number of carboxylic acid groups (broad SMARTS) is 1. The van der Waals surface area contributed by atoms with Crippen molar-refractivity contribution in [3.05, 3.63) is 29.6 Å². The average Bonchev–Trinajstić information content (AvgIpc) is 3.24. The summed E-state index contributed by atoms with van der Waals surface area (Å²) in [6.45, 7) is 5.24. The van der Waals surface area contributed by atoms with Gasteiger partial charge in [0, 0.05) is 45.0 Å². The number of carboxylic acids is 1. The van der Waals surface area contributed by atoms with Crippen LogP contribution in [0.1, 0.15) is 28.9 Å². The number of aromatic nitrogens is 1. The minimum absolute atomic E-state index is 0.133. The molecular formula is C14H19N3O2. The maximum absolute atomic E-state index is 10.9. The monoisotopic (exact) mass is 261 g/mol. The summed E-state index contributed by atoms with van der Waals surface area (Å²) >= 11 is 0. The van der Waals surface area contributed by atoms with Crippen LogP contribution in [-0.4, -0.2) is 58.1 Å². The van der Waals surface area contributed by atoms with E-state index >= 15 is 0 Å². The minimum Gasteiger partial charge on any atom is -0.477 e. The molecule has 1 aliphatic carbocycles. The number of pyridine rings is 1. The molecule has 2 fully saturated rings. The maximum atomic E-state index is 10.9. The lowest BCUT2D eigenvalue weighted by Gasteiger charge is -2.34. The van der Waals surface area contributed by atoms with E-state index < -0.39 is 5.97 Å². The van der Waals surface area contributed by atoms with Gasteiger partial charge in [-0.3, -0.25) is 9.80 Å². The molecule has 5 heteroatoms.